The van der Waals surface area contributed by atoms with Crippen molar-refractivity contribution in [1.29, 1.82) is 0 Å². The van der Waals surface area contributed by atoms with Crippen molar-refractivity contribution in [1.82, 2.24) is 15.1 Å². The summed E-state index contributed by atoms with van der Waals surface area (Å²) in [7, 11) is 0. The third kappa shape index (κ3) is 3.85. The van der Waals surface area contributed by atoms with Gasteiger partial charge in [-0.1, -0.05) is 31.9 Å². The Morgan fingerprint density at radius 2 is 1.69 bits per heavy atom. The first-order chi connectivity index (χ1) is 13.8. The second-order valence-corrected chi connectivity index (χ2v) is 7.29. The van der Waals surface area contributed by atoms with Crippen LogP contribution in [0.3, 0.4) is 0 Å². The lowest BCUT2D eigenvalue weighted by atomic mass is 9.95. The third-order valence-electron chi connectivity index (χ3n) is 5.12. The van der Waals surface area contributed by atoms with Gasteiger partial charge in [-0.3, -0.25) is 29.0 Å². The number of amides is 5. The minimum absolute atomic E-state index is 0.105. The number of unbranched alkanes of at least 4 members (excludes halogenated alkanes) is 1. The summed E-state index contributed by atoms with van der Waals surface area (Å²) in [5.74, 6) is -2.14. The van der Waals surface area contributed by atoms with Crippen LogP contribution in [0.25, 0.3) is 0 Å². The topological polar surface area (TPSA) is 113 Å². The van der Waals surface area contributed by atoms with Gasteiger partial charge in [0.05, 0.1) is 17.7 Å². The van der Waals surface area contributed by atoms with Gasteiger partial charge in [0.2, 0.25) is 0 Å². The number of nitrogens with one attached hydrogen (secondary N) is 1. The number of carbonyl (C=O) groups is 5. The Morgan fingerprint density at radius 3 is 2.28 bits per heavy atom. The van der Waals surface area contributed by atoms with Gasteiger partial charge in [0.15, 0.2) is 0 Å². The van der Waals surface area contributed by atoms with E-state index in [1.54, 1.807) is 31.2 Å². The maximum Gasteiger partial charge on any atom is 0.326 e. The number of hydrogen-bond donors (Lipinski definition) is 1. The molecule has 1 aromatic carbocycles. The van der Waals surface area contributed by atoms with E-state index in [0.29, 0.717) is 17.5 Å². The second kappa shape index (κ2) is 8.02. The Labute approximate surface area is 168 Å². The van der Waals surface area contributed by atoms with Crippen molar-refractivity contribution in [3.8, 4) is 0 Å². The number of rotatable bonds is 8. The number of carbonyl (C=O) groups excluding carboxylic acids is 5. The van der Waals surface area contributed by atoms with Gasteiger partial charge in [0.1, 0.15) is 18.7 Å². The van der Waals surface area contributed by atoms with Crippen LogP contribution in [-0.4, -0.2) is 64.8 Å². The van der Waals surface area contributed by atoms with Crippen molar-refractivity contribution < 1.29 is 28.7 Å². The molecule has 0 aromatic heterocycles. The molecule has 1 N–H and O–H groups in total. The van der Waals surface area contributed by atoms with E-state index in [0.717, 1.165) is 22.6 Å². The third-order valence-corrected chi connectivity index (χ3v) is 5.12. The largest absolute Gasteiger partial charge is 0.462 e. The van der Waals surface area contributed by atoms with E-state index in [4.69, 9.17) is 4.74 Å². The van der Waals surface area contributed by atoms with Crippen LogP contribution in [0.4, 0.5) is 4.79 Å². The van der Waals surface area contributed by atoms with Crippen molar-refractivity contribution in [2.45, 2.75) is 38.6 Å². The molecule has 0 bridgehead atoms. The Bertz CT molecular complexity index is 848. The first kappa shape index (κ1) is 20.5. The molecule has 0 radical (unpaired) electrons. The van der Waals surface area contributed by atoms with Crippen molar-refractivity contribution >= 4 is 29.7 Å². The molecular formula is C20H23N3O6. The Balaban J connectivity index is 1.51. The zero-order valence-electron chi connectivity index (χ0n) is 16.4. The lowest BCUT2D eigenvalue weighted by Crippen LogP contribution is -2.44. The van der Waals surface area contributed by atoms with Crippen LogP contribution in [-0.2, 0) is 14.3 Å². The summed E-state index contributed by atoms with van der Waals surface area (Å²) in [6, 6.07) is 5.83. The molecule has 1 saturated heterocycles. The van der Waals surface area contributed by atoms with Gasteiger partial charge in [-0.15, -0.1) is 0 Å². The van der Waals surface area contributed by atoms with Crippen LogP contribution >= 0.6 is 0 Å². The Morgan fingerprint density at radius 1 is 1.07 bits per heavy atom. The average molecular weight is 401 g/mol. The molecule has 9 heteroatoms. The van der Waals surface area contributed by atoms with E-state index >= 15 is 0 Å². The molecular weight excluding hydrogens is 378 g/mol. The lowest BCUT2D eigenvalue weighted by molar-refractivity contribution is -0.147. The van der Waals surface area contributed by atoms with Gasteiger partial charge in [0.25, 0.3) is 17.7 Å². The van der Waals surface area contributed by atoms with Crippen molar-refractivity contribution in [2.75, 3.05) is 19.7 Å². The number of benzene rings is 1. The number of hydrogen-bond acceptors (Lipinski definition) is 6. The molecule has 0 aliphatic carbocycles. The number of esters is 1. The normalized spacial score (nSPS) is 20.9. The smallest absolute Gasteiger partial charge is 0.326 e. The van der Waals surface area contributed by atoms with Gasteiger partial charge < -0.3 is 10.1 Å². The summed E-state index contributed by atoms with van der Waals surface area (Å²) in [5.41, 5.74) is -0.392. The molecule has 0 spiro atoms. The highest BCUT2D eigenvalue weighted by molar-refractivity contribution is 6.21. The number of ether oxygens (including phenoxy) is 1. The molecule has 1 atom stereocenters. The lowest BCUT2D eigenvalue weighted by Gasteiger charge is -2.21. The minimum atomic E-state index is -1.02. The van der Waals surface area contributed by atoms with Crippen molar-refractivity contribution in [3.63, 3.8) is 0 Å². The van der Waals surface area contributed by atoms with E-state index in [1.165, 1.54) is 0 Å². The first-order valence-corrected chi connectivity index (χ1v) is 9.53. The van der Waals surface area contributed by atoms with Gasteiger partial charge in [0, 0.05) is 0 Å². The fourth-order valence-corrected chi connectivity index (χ4v) is 3.46. The van der Waals surface area contributed by atoms with Gasteiger partial charge in [-0.25, -0.2) is 4.79 Å². The number of imide groups is 2. The molecule has 1 aromatic rings. The van der Waals surface area contributed by atoms with Crippen LogP contribution in [0.2, 0.25) is 0 Å². The fourth-order valence-electron chi connectivity index (χ4n) is 3.46. The average Bonchev–Trinajstić information content (AvgIpc) is 3.06. The minimum Gasteiger partial charge on any atom is -0.462 e. The van der Waals surface area contributed by atoms with Gasteiger partial charge in [-0.05, 0) is 25.5 Å². The molecule has 2 aliphatic heterocycles. The molecule has 154 valence electrons. The summed E-state index contributed by atoms with van der Waals surface area (Å²) >= 11 is 0. The molecule has 2 heterocycles. The van der Waals surface area contributed by atoms with E-state index in [-0.39, 0.29) is 13.2 Å². The standard InChI is InChI=1S/C20H23N3O6/c1-3-4-9-20(2)18(27)23(19(28)21-20)12-15(24)29-11-10-22-16(25)13-7-5-6-8-14(13)17(22)26/h5-8H,3-4,9-12H2,1-2H3,(H,21,28)/t20-/m1/s1. The molecule has 0 saturated carbocycles. The molecule has 3 rings (SSSR count). The first-order valence-electron chi connectivity index (χ1n) is 9.53. The van der Waals surface area contributed by atoms with Crippen LogP contribution in [0.15, 0.2) is 24.3 Å². The van der Waals surface area contributed by atoms with Gasteiger partial charge in [-0.2, -0.15) is 0 Å². The second-order valence-electron chi connectivity index (χ2n) is 7.29. The molecule has 2 aliphatic rings. The summed E-state index contributed by atoms with van der Waals surface area (Å²) in [4.78, 5) is 63.0. The monoisotopic (exact) mass is 401 g/mol. The van der Waals surface area contributed by atoms with Crippen LogP contribution < -0.4 is 5.32 Å². The fraction of sp³-hybridized carbons (Fsp3) is 0.450. The Kier molecular flexibility index (Phi) is 5.67. The van der Waals surface area contributed by atoms with E-state index in [1.807, 2.05) is 6.92 Å². The molecule has 5 amide bonds. The highest BCUT2D eigenvalue weighted by Gasteiger charge is 2.47. The zero-order valence-corrected chi connectivity index (χ0v) is 16.4. The maximum atomic E-state index is 12.5. The highest BCUT2D eigenvalue weighted by Crippen LogP contribution is 2.24. The highest BCUT2D eigenvalue weighted by atomic mass is 16.5. The van der Waals surface area contributed by atoms with Crippen molar-refractivity contribution in [2.24, 2.45) is 0 Å². The van der Waals surface area contributed by atoms with Crippen LogP contribution in [0.1, 0.15) is 53.8 Å². The number of urea groups is 1. The molecule has 1 fully saturated rings. The van der Waals surface area contributed by atoms with E-state index in [9.17, 15) is 24.0 Å². The predicted octanol–water partition coefficient (Wildman–Crippen LogP) is 1.33. The van der Waals surface area contributed by atoms with Crippen LogP contribution in [0, 0.1) is 0 Å². The van der Waals surface area contributed by atoms with Gasteiger partial charge >= 0.3 is 12.0 Å². The summed E-state index contributed by atoms with van der Waals surface area (Å²) < 4.78 is 5.05. The summed E-state index contributed by atoms with van der Waals surface area (Å²) in [5, 5.41) is 2.62. The number of fused-ring (bicyclic) bond motifs is 1. The SMILES string of the molecule is CCCC[C@@]1(C)NC(=O)N(CC(=O)OCCN2C(=O)c3ccccc3C2=O)C1=O. The summed E-state index contributed by atoms with van der Waals surface area (Å²) in [6.45, 7) is 2.77. The molecule has 9 nitrogen and oxygen atoms in total. The zero-order chi connectivity index (χ0) is 21.2. The van der Waals surface area contributed by atoms with Crippen LogP contribution in [0.5, 0.6) is 0 Å². The molecule has 29 heavy (non-hydrogen) atoms. The van der Waals surface area contributed by atoms with Crippen molar-refractivity contribution in [3.05, 3.63) is 35.4 Å². The predicted molar refractivity (Wildman–Crippen MR) is 101 cm³/mol. The maximum absolute atomic E-state index is 12.5. The van der Waals surface area contributed by atoms with E-state index in [2.05, 4.69) is 5.32 Å². The van der Waals surface area contributed by atoms with E-state index < -0.39 is 41.8 Å². The quantitative estimate of drug-likeness (QED) is 0.399. The molecule has 0 unspecified atom stereocenters. The Hall–Kier alpha value is -3.23. The number of nitrogens with zero attached hydrogens (tertiary/aromatic N) is 2. The summed E-state index contributed by atoms with van der Waals surface area (Å²) in [6.07, 6.45) is 2.12.